The van der Waals surface area contributed by atoms with Gasteiger partial charge in [0.15, 0.2) is 0 Å². The van der Waals surface area contributed by atoms with Crippen molar-refractivity contribution in [3.05, 3.63) is 104 Å². The van der Waals surface area contributed by atoms with Gasteiger partial charge in [0.05, 0.1) is 5.56 Å². The number of hydrogen-bond acceptors (Lipinski definition) is 5. The van der Waals surface area contributed by atoms with E-state index in [1.807, 2.05) is 6.07 Å². The first-order valence-corrected chi connectivity index (χ1v) is 25.0. The predicted molar refractivity (Wildman–Crippen MR) is 278 cm³/mol. The smallest absolute Gasteiger partial charge is 0.391 e. The summed E-state index contributed by atoms with van der Waals surface area (Å²) in [6.07, 6.45) is 0. The summed E-state index contributed by atoms with van der Waals surface area (Å²) < 4.78 is 13.6. The molecule has 0 fully saturated rings. The van der Waals surface area contributed by atoms with E-state index < -0.39 is 25.4 Å². The monoisotopic (exact) mass is 905 g/mol. The molecule has 6 heteroatoms. The number of esters is 1. The molecule has 0 unspecified atom stereocenters. The Labute approximate surface area is 396 Å². The molecule has 356 valence electrons. The number of benzene rings is 4. The van der Waals surface area contributed by atoms with Crippen LogP contribution in [0.25, 0.3) is 22.3 Å². The van der Waals surface area contributed by atoms with Gasteiger partial charge in [-0.25, -0.2) is 4.79 Å². The fraction of sp³-hybridized carbons (Fsp3) is 0.576. The van der Waals surface area contributed by atoms with Gasteiger partial charge in [0.1, 0.15) is 11.5 Å². The van der Waals surface area contributed by atoms with Crippen LogP contribution in [0, 0.1) is 0 Å². The SMILES string of the molecule is CC1c2cc(C(C)(C)C)cc(C(C)(C)C)c2-c2c(C(=O)Oc3ccc(C(C)(C)C)cc3C(C)(C)C)c(c(C(C)(C)C)c(OP(O)O)c2C(C)(C)C)-c2c1cc(C(C)(C)C)cc2C(C)(C)C. The van der Waals surface area contributed by atoms with Gasteiger partial charge in [0, 0.05) is 33.7 Å². The fourth-order valence-corrected chi connectivity index (χ4v) is 9.99. The highest BCUT2D eigenvalue weighted by atomic mass is 31.2. The van der Waals surface area contributed by atoms with Gasteiger partial charge in [-0.1, -0.05) is 209 Å². The average molecular weight is 905 g/mol. The van der Waals surface area contributed by atoms with Gasteiger partial charge >= 0.3 is 14.6 Å². The Balaban J connectivity index is 2.31. The summed E-state index contributed by atoms with van der Waals surface area (Å²) in [6.45, 7) is 55.5. The van der Waals surface area contributed by atoms with Crippen molar-refractivity contribution in [1.29, 1.82) is 0 Å². The molecule has 5 rings (SSSR count). The van der Waals surface area contributed by atoms with Crippen molar-refractivity contribution < 1.29 is 23.8 Å². The van der Waals surface area contributed by atoms with E-state index in [9.17, 15) is 9.79 Å². The van der Waals surface area contributed by atoms with E-state index in [1.165, 1.54) is 16.7 Å². The quantitative estimate of drug-likeness (QED) is 0.121. The zero-order valence-corrected chi connectivity index (χ0v) is 46.1. The number of carbonyl (C=O) groups excluding carboxylic acids is 1. The van der Waals surface area contributed by atoms with Crippen molar-refractivity contribution in [3.63, 3.8) is 0 Å². The molecular formula is C59H85O5P. The van der Waals surface area contributed by atoms with Crippen LogP contribution in [0.2, 0.25) is 0 Å². The third-order valence-electron chi connectivity index (χ3n) is 13.3. The van der Waals surface area contributed by atoms with Crippen LogP contribution in [0.15, 0.2) is 42.5 Å². The minimum Gasteiger partial charge on any atom is -0.426 e. The van der Waals surface area contributed by atoms with E-state index in [-0.39, 0.29) is 38.4 Å². The van der Waals surface area contributed by atoms with E-state index in [0.29, 0.717) is 17.1 Å². The fourth-order valence-electron chi connectivity index (χ4n) is 9.64. The number of rotatable bonds is 4. The molecule has 65 heavy (non-hydrogen) atoms. The van der Waals surface area contributed by atoms with Crippen molar-refractivity contribution in [2.45, 2.75) is 222 Å². The van der Waals surface area contributed by atoms with Crippen LogP contribution in [0.1, 0.15) is 245 Å². The second-order valence-corrected chi connectivity index (χ2v) is 28.0. The Morgan fingerprint density at radius 1 is 0.462 bits per heavy atom. The largest absolute Gasteiger partial charge is 0.426 e. The molecule has 0 saturated heterocycles. The van der Waals surface area contributed by atoms with Crippen LogP contribution < -0.4 is 9.26 Å². The molecule has 1 aliphatic rings. The summed E-state index contributed by atoms with van der Waals surface area (Å²) >= 11 is 0. The molecule has 0 spiro atoms. The van der Waals surface area contributed by atoms with E-state index in [0.717, 1.165) is 61.2 Å². The molecule has 0 atom stereocenters. The number of ether oxygens (including phenoxy) is 1. The minimum absolute atomic E-state index is 0.119. The Kier molecular flexibility index (Phi) is 13.4. The molecule has 1 aliphatic carbocycles. The van der Waals surface area contributed by atoms with Gasteiger partial charge in [-0.15, -0.1) is 0 Å². The van der Waals surface area contributed by atoms with Crippen LogP contribution in [0.4, 0.5) is 0 Å². The van der Waals surface area contributed by atoms with Gasteiger partial charge in [-0.3, -0.25) is 0 Å². The topological polar surface area (TPSA) is 76.0 Å². The third-order valence-corrected chi connectivity index (χ3v) is 13.7. The third kappa shape index (κ3) is 10.3. The highest BCUT2D eigenvalue weighted by Crippen LogP contribution is 2.61. The van der Waals surface area contributed by atoms with Crippen LogP contribution in [-0.2, 0) is 43.3 Å². The first kappa shape index (κ1) is 52.5. The minimum atomic E-state index is -2.88. The van der Waals surface area contributed by atoms with Gasteiger partial charge in [-0.2, -0.15) is 0 Å². The molecule has 2 N–H and O–H groups in total. The molecule has 4 aromatic rings. The Hall–Kier alpha value is -3.50. The summed E-state index contributed by atoms with van der Waals surface area (Å²) in [5.74, 6) is 0.372. The molecular weight excluding hydrogens is 820 g/mol. The molecule has 0 saturated carbocycles. The Bertz CT molecular complexity index is 2370. The van der Waals surface area contributed by atoms with Gasteiger partial charge in [-0.05, 0) is 99.5 Å². The zero-order chi connectivity index (χ0) is 49.9. The number of carbonyl (C=O) groups is 1. The summed E-state index contributed by atoms with van der Waals surface area (Å²) in [5.41, 5.74) is 11.4. The maximum absolute atomic E-state index is 16.5. The van der Waals surface area contributed by atoms with Crippen molar-refractivity contribution in [2.75, 3.05) is 0 Å². The molecule has 2 bridgehead atoms. The second kappa shape index (κ2) is 16.6. The molecule has 0 amide bonds. The predicted octanol–water partition coefficient (Wildman–Crippen LogP) is 16.7. The maximum Gasteiger partial charge on any atom is 0.391 e. The molecule has 0 aliphatic heterocycles. The molecule has 4 aromatic carbocycles. The van der Waals surface area contributed by atoms with Gasteiger partial charge in [0.2, 0.25) is 0 Å². The lowest BCUT2D eigenvalue weighted by atomic mass is 9.62. The number of fused-ring (bicyclic) bond motifs is 6. The summed E-state index contributed by atoms with van der Waals surface area (Å²) in [6, 6.07) is 15.8. The normalized spacial score (nSPS) is 14.5. The first-order valence-electron chi connectivity index (χ1n) is 23.9. The van der Waals surface area contributed by atoms with Crippen LogP contribution in [0.5, 0.6) is 11.5 Å². The van der Waals surface area contributed by atoms with Gasteiger partial charge < -0.3 is 19.0 Å². The summed E-state index contributed by atoms with van der Waals surface area (Å²) in [4.78, 5) is 38.7. The molecule has 0 heterocycles. The standard InChI is InChI=1S/C59H85O5P/c1-33-37-28-35(53(5,6)7)31-40(56(14,15)16)43(37)45-47(51(60)63-42-27-26-34(52(2,3)4)30-39(42)55(11,12)13)46(44-38(33)29-36(54(8,9)10)32-41(44)57(17,18)19)49(59(23,24)25)50(64-65(61)62)48(45)58(20,21)22/h26-33,61-62H,1-25H3. The van der Waals surface area contributed by atoms with Crippen molar-refractivity contribution in [1.82, 2.24) is 0 Å². The zero-order valence-electron chi connectivity index (χ0n) is 45.2. The van der Waals surface area contributed by atoms with E-state index in [2.05, 4.69) is 209 Å². The summed E-state index contributed by atoms with van der Waals surface area (Å²) in [5, 5.41) is 0. The average Bonchev–Trinajstić information content (AvgIpc) is 3.08. The lowest BCUT2D eigenvalue weighted by Crippen LogP contribution is -2.30. The molecule has 0 aromatic heterocycles. The van der Waals surface area contributed by atoms with Crippen molar-refractivity contribution in [2.24, 2.45) is 0 Å². The Morgan fingerprint density at radius 3 is 1.12 bits per heavy atom. The van der Waals surface area contributed by atoms with E-state index in [1.54, 1.807) is 0 Å². The lowest BCUT2D eigenvalue weighted by Gasteiger charge is -2.42. The lowest BCUT2D eigenvalue weighted by molar-refractivity contribution is 0.0733. The highest BCUT2D eigenvalue weighted by molar-refractivity contribution is 7.39. The van der Waals surface area contributed by atoms with Crippen LogP contribution in [0.3, 0.4) is 0 Å². The summed E-state index contributed by atoms with van der Waals surface area (Å²) in [7, 11) is -2.88. The van der Waals surface area contributed by atoms with E-state index >= 15 is 4.79 Å². The van der Waals surface area contributed by atoms with Gasteiger partial charge in [0.25, 0.3) is 0 Å². The number of hydrogen-bond donors (Lipinski definition) is 2. The maximum atomic E-state index is 16.5. The second-order valence-electron chi connectivity index (χ2n) is 27.3. The van der Waals surface area contributed by atoms with Crippen molar-refractivity contribution >= 4 is 14.6 Å². The highest BCUT2D eigenvalue weighted by Gasteiger charge is 2.45. The van der Waals surface area contributed by atoms with Crippen LogP contribution in [-0.4, -0.2) is 15.8 Å². The van der Waals surface area contributed by atoms with Crippen LogP contribution >= 0.6 is 8.60 Å². The molecule has 0 radical (unpaired) electrons. The van der Waals surface area contributed by atoms with Crippen molar-refractivity contribution in [3.8, 4) is 33.8 Å². The first-order chi connectivity index (χ1) is 29.0. The molecule has 5 nitrogen and oxygen atoms in total. The van der Waals surface area contributed by atoms with E-state index in [4.69, 9.17) is 9.26 Å². The Morgan fingerprint density at radius 2 is 0.815 bits per heavy atom.